The van der Waals surface area contributed by atoms with Crippen molar-refractivity contribution < 1.29 is 13.2 Å². The lowest BCUT2D eigenvalue weighted by Crippen LogP contribution is -2.43. The Morgan fingerprint density at radius 2 is 1.67 bits per heavy atom. The van der Waals surface area contributed by atoms with Crippen LogP contribution in [0.25, 0.3) is 0 Å². The van der Waals surface area contributed by atoms with Gasteiger partial charge in [0.25, 0.3) is 0 Å². The Hall–Kier alpha value is -0.290. The highest BCUT2D eigenvalue weighted by Crippen LogP contribution is 2.37. The van der Waals surface area contributed by atoms with Gasteiger partial charge in [-0.15, -0.1) is 0 Å². The maximum Gasteiger partial charge on any atom is 0.391 e. The second-order valence-corrected chi connectivity index (χ2v) is 5.65. The zero-order valence-electron chi connectivity index (χ0n) is 10.7. The highest BCUT2D eigenvalue weighted by molar-refractivity contribution is 4.85. The van der Waals surface area contributed by atoms with Gasteiger partial charge in [0.15, 0.2) is 0 Å². The molecule has 2 N–H and O–H groups in total. The molecule has 1 heterocycles. The van der Waals surface area contributed by atoms with Crippen LogP contribution in [0.2, 0.25) is 0 Å². The Bertz CT molecular complexity index is 247. The molecule has 2 aliphatic rings. The molecule has 1 saturated heterocycles. The summed E-state index contributed by atoms with van der Waals surface area (Å²) in [6, 6.07) is 0.463. The van der Waals surface area contributed by atoms with Crippen molar-refractivity contribution in [2.24, 2.45) is 5.92 Å². The SMILES string of the molecule is FC(F)(F)C1CCCC(NC2CCCNCC2)C1. The summed E-state index contributed by atoms with van der Waals surface area (Å²) in [4.78, 5) is 0. The van der Waals surface area contributed by atoms with Crippen LogP contribution in [0, 0.1) is 5.92 Å². The Labute approximate surface area is 107 Å². The standard InChI is InChI=1S/C13H23F3N2/c14-13(15,16)10-3-1-4-12(9-10)18-11-5-2-7-17-8-6-11/h10-12,17-18H,1-9H2. The summed E-state index contributed by atoms with van der Waals surface area (Å²) >= 11 is 0. The summed E-state index contributed by atoms with van der Waals surface area (Å²) in [6.07, 6.45) is 1.41. The third kappa shape index (κ3) is 4.12. The van der Waals surface area contributed by atoms with Crippen LogP contribution < -0.4 is 10.6 Å². The van der Waals surface area contributed by atoms with Gasteiger partial charge in [0, 0.05) is 12.1 Å². The Morgan fingerprint density at radius 3 is 2.44 bits per heavy atom. The fourth-order valence-corrected chi connectivity index (χ4v) is 3.16. The molecule has 0 amide bonds. The molecule has 1 aliphatic heterocycles. The lowest BCUT2D eigenvalue weighted by atomic mass is 9.84. The number of alkyl halides is 3. The molecule has 2 rings (SSSR count). The van der Waals surface area contributed by atoms with Crippen molar-refractivity contribution in [2.75, 3.05) is 13.1 Å². The number of hydrogen-bond donors (Lipinski definition) is 2. The molecule has 0 aromatic rings. The van der Waals surface area contributed by atoms with E-state index in [1.54, 1.807) is 0 Å². The van der Waals surface area contributed by atoms with Gasteiger partial charge in [0.2, 0.25) is 0 Å². The highest BCUT2D eigenvalue weighted by Gasteiger charge is 2.42. The molecule has 1 aliphatic carbocycles. The van der Waals surface area contributed by atoms with Gasteiger partial charge < -0.3 is 10.6 Å². The molecule has 18 heavy (non-hydrogen) atoms. The van der Waals surface area contributed by atoms with Crippen LogP contribution in [-0.2, 0) is 0 Å². The van der Waals surface area contributed by atoms with Gasteiger partial charge in [-0.1, -0.05) is 6.42 Å². The van der Waals surface area contributed by atoms with Crippen LogP contribution >= 0.6 is 0 Å². The van der Waals surface area contributed by atoms with Crippen molar-refractivity contribution in [3.63, 3.8) is 0 Å². The van der Waals surface area contributed by atoms with Gasteiger partial charge in [-0.05, 0) is 51.6 Å². The van der Waals surface area contributed by atoms with Crippen molar-refractivity contribution in [1.29, 1.82) is 0 Å². The second-order valence-electron chi connectivity index (χ2n) is 5.65. The van der Waals surface area contributed by atoms with E-state index >= 15 is 0 Å². The second kappa shape index (κ2) is 6.24. The van der Waals surface area contributed by atoms with E-state index in [2.05, 4.69) is 10.6 Å². The number of rotatable bonds is 2. The van der Waals surface area contributed by atoms with Crippen molar-refractivity contribution >= 4 is 0 Å². The molecule has 3 atom stereocenters. The Morgan fingerprint density at radius 1 is 0.889 bits per heavy atom. The van der Waals surface area contributed by atoms with E-state index in [1.165, 1.54) is 0 Å². The highest BCUT2D eigenvalue weighted by atomic mass is 19.4. The summed E-state index contributed by atoms with van der Waals surface area (Å²) in [5.74, 6) is -1.09. The quantitative estimate of drug-likeness (QED) is 0.801. The van der Waals surface area contributed by atoms with Crippen LogP contribution in [0.5, 0.6) is 0 Å². The van der Waals surface area contributed by atoms with Crippen LogP contribution in [-0.4, -0.2) is 31.3 Å². The fourth-order valence-electron chi connectivity index (χ4n) is 3.16. The van der Waals surface area contributed by atoms with E-state index < -0.39 is 12.1 Å². The summed E-state index contributed by atoms with van der Waals surface area (Å²) in [7, 11) is 0. The minimum absolute atomic E-state index is 0.0634. The van der Waals surface area contributed by atoms with Crippen LogP contribution in [0.15, 0.2) is 0 Å². The van der Waals surface area contributed by atoms with Crippen LogP contribution in [0.4, 0.5) is 13.2 Å². The predicted octanol–water partition coefficient (Wildman–Crippen LogP) is 2.84. The van der Waals surface area contributed by atoms with Crippen molar-refractivity contribution in [1.82, 2.24) is 10.6 Å². The Balaban J connectivity index is 1.81. The van der Waals surface area contributed by atoms with Gasteiger partial charge in [0.05, 0.1) is 5.92 Å². The molecule has 0 bridgehead atoms. The minimum atomic E-state index is -4.01. The molecule has 106 valence electrons. The van der Waals surface area contributed by atoms with Gasteiger partial charge >= 0.3 is 6.18 Å². The maximum absolute atomic E-state index is 12.7. The number of halogens is 3. The van der Waals surface area contributed by atoms with Crippen LogP contribution in [0.1, 0.15) is 44.9 Å². The molecule has 3 unspecified atom stereocenters. The maximum atomic E-state index is 12.7. The normalized spacial score (nSPS) is 35.2. The van der Waals surface area contributed by atoms with Crippen molar-refractivity contribution in [2.45, 2.75) is 63.2 Å². The smallest absolute Gasteiger partial charge is 0.317 e. The van der Waals surface area contributed by atoms with Gasteiger partial charge in [-0.25, -0.2) is 0 Å². The third-order valence-electron chi connectivity index (χ3n) is 4.18. The third-order valence-corrected chi connectivity index (χ3v) is 4.18. The van der Waals surface area contributed by atoms with E-state index in [-0.39, 0.29) is 12.5 Å². The molecule has 0 radical (unpaired) electrons. The molecular weight excluding hydrogens is 241 g/mol. The largest absolute Gasteiger partial charge is 0.391 e. The van der Waals surface area contributed by atoms with E-state index in [0.717, 1.165) is 38.8 Å². The van der Waals surface area contributed by atoms with E-state index in [1.807, 2.05) is 0 Å². The molecule has 0 aromatic heterocycles. The first-order valence-corrected chi connectivity index (χ1v) is 7.09. The fraction of sp³-hybridized carbons (Fsp3) is 1.00. The Kier molecular flexibility index (Phi) is 4.90. The number of hydrogen-bond acceptors (Lipinski definition) is 2. The first-order chi connectivity index (χ1) is 8.55. The van der Waals surface area contributed by atoms with Crippen molar-refractivity contribution in [3.05, 3.63) is 0 Å². The zero-order chi connectivity index (χ0) is 13.0. The van der Waals surface area contributed by atoms with E-state index in [0.29, 0.717) is 18.9 Å². The van der Waals surface area contributed by atoms with Gasteiger partial charge in [-0.3, -0.25) is 0 Å². The zero-order valence-corrected chi connectivity index (χ0v) is 10.7. The molecular formula is C13H23F3N2. The lowest BCUT2D eigenvalue weighted by Gasteiger charge is -2.33. The summed E-state index contributed by atoms with van der Waals surface area (Å²) in [6.45, 7) is 2.01. The topological polar surface area (TPSA) is 24.1 Å². The summed E-state index contributed by atoms with van der Waals surface area (Å²) in [5.41, 5.74) is 0. The summed E-state index contributed by atoms with van der Waals surface area (Å²) < 4.78 is 38.2. The van der Waals surface area contributed by atoms with Gasteiger partial charge in [0.1, 0.15) is 0 Å². The van der Waals surface area contributed by atoms with E-state index in [9.17, 15) is 13.2 Å². The molecule has 0 spiro atoms. The number of nitrogens with one attached hydrogen (secondary N) is 2. The first-order valence-electron chi connectivity index (χ1n) is 7.09. The predicted molar refractivity (Wildman–Crippen MR) is 65.4 cm³/mol. The average molecular weight is 264 g/mol. The monoisotopic (exact) mass is 264 g/mol. The van der Waals surface area contributed by atoms with E-state index in [4.69, 9.17) is 0 Å². The average Bonchev–Trinajstić information content (AvgIpc) is 2.57. The molecule has 2 fully saturated rings. The van der Waals surface area contributed by atoms with Gasteiger partial charge in [-0.2, -0.15) is 13.2 Å². The lowest BCUT2D eigenvalue weighted by molar-refractivity contribution is -0.183. The summed E-state index contributed by atoms with van der Waals surface area (Å²) in [5, 5.41) is 6.79. The van der Waals surface area contributed by atoms with Crippen molar-refractivity contribution in [3.8, 4) is 0 Å². The first kappa shape index (κ1) is 14.1. The molecule has 0 aromatic carbocycles. The molecule has 5 heteroatoms. The molecule has 2 nitrogen and oxygen atoms in total. The minimum Gasteiger partial charge on any atom is -0.317 e. The van der Waals surface area contributed by atoms with Crippen LogP contribution in [0.3, 0.4) is 0 Å². The molecule has 1 saturated carbocycles.